The van der Waals surface area contributed by atoms with Gasteiger partial charge in [-0.1, -0.05) is 30.3 Å². The molecule has 0 spiro atoms. The Morgan fingerprint density at radius 1 is 1.19 bits per heavy atom. The molecule has 2 aliphatic heterocycles. The highest BCUT2D eigenvalue weighted by Gasteiger charge is 2.28. The predicted molar refractivity (Wildman–Crippen MR) is 102 cm³/mol. The van der Waals surface area contributed by atoms with Gasteiger partial charge in [-0.15, -0.1) is 12.4 Å². The van der Waals surface area contributed by atoms with Crippen molar-refractivity contribution in [2.45, 2.75) is 31.8 Å². The summed E-state index contributed by atoms with van der Waals surface area (Å²) in [6.45, 7) is 4.01. The maximum absolute atomic E-state index is 12.4. The summed E-state index contributed by atoms with van der Waals surface area (Å²) >= 11 is 0. The highest BCUT2D eigenvalue weighted by molar-refractivity contribution is 5.85. The fourth-order valence-corrected chi connectivity index (χ4v) is 3.41. The molecule has 6 nitrogen and oxygen atoms in total. The molecule has 2 N–H and O–H groups in total. The first-order valence-corrected chi connectivity index (χ1v) is 9.13. The van der Waals surface area contributed by atoms with Crippen LogP contribution in [0.4, 0.5) is 0 Å². The molecule has 2 heterocycles. The molecule has 1 atom stereocenters. The maximum Gasteiger partial charge on any atom is 0.224 e. The van der Waals surface area contributed by atoms with E-state index in [-0.39, 0.29) is 36.2 Å². The molecular formula is C19H28ClN3O3. The number of nitrogens with one attached hydrogen (secondary N) is 2. The quantitative estimate of drug-likeness (QED) is 0.807. The molecule has 0 radical (unpaired) electrons. The lowest BCUT2D eigenvalue weighted by Crippen LogP contribution is -2.47. The predicted octanol–water partition coefficient (Wildman–Crippen LogP) is 1.34. The number of morpholine rings is 1. The highest BCUT2D eigenvalue weighted by Crippen LogP contribution is 2.19. The third kappa shape index (κ3) is 5.97. The zero-order valence-corrected chi connectivity index (χ0v) is 15.8. The van der Waals surface area contributed by atoms with Crippen molar-refractivity contribution < 1.29 is 14.3 Å². The average molecular weight is 382 g/mol. The second kappa shape index (κ2) is 10.5. The molecular weight excluding hydrogens is 354 g/mol. The number of benzene rings is 1. The van der Waals surface area contributed by atoms with E-state index in [4.69, 9.17) is 4.74 Å². The summed E-state index contributed by atoms with van der Waals surface area (Å²) in [5, 5.41) is 6.32. The van der Waals surface area contributed by atoms with Crippen LogP contribution in [0.5, 0.6) is 0 Å². The van der Waals surface area contributed by atoms with E-state index < -0.39 is 0 Å². The maximum atomic E-state index is 12.4. The normalized spacial score (nSPS) is 20.9. The minimum atomic E-state index is 0. The van der Waals surface area contributed by atoms with Crippen LogP contribution in [0.2, 0.25) is 0 Å². The molecule has 1 aromatic rings. The topological polar surface area (TPSA) is 70.7 Å². The molecule has 1 unspecified atom stereocenters. The van der Waals surface area contributed by atoms with Crippen LogP contribution in [0.25, 0.3) is 0 Å². The van der Waals surface area contributed by atoms with Crippen molar-refractivity contribution in [2.75, 3.05) is 32.8 Å². The van der Waals surface area contributed by atoms with Crippen LogP contribution in [-0.2, 0) is 20.9 Å². The minimum absolute atomic E-state index is 0. The lowest BCUT2D eigenvalue weighted by atomic mass is 9.95. The van der Waals surface area contributed by atoms with Crippen LogP contribution in [0.3, 0.4) is 0 Å². The molecule has 0 bridgehead atoms. The summed E-state index contributed by atoms with van der Waals surface area (Å²) in [7, 11) is 0. The van der Waals surface area contributed by atoms with E-state index in [9.17, 15) is 9.59 Å². The van der Waals surface area contributed by atoms with Crippen molar-refractivity contribution in [3.05, 3.63) is 35.9 Å². The number of carbonyl (C=O) groups is 2. The molecule has 2 fully saturated rings. The van der Waals surface area contributed by atoms with Gasteiger partial charge in [0, 0.05) is 44.6 Å². The molecule has 26 heavy (non-hydrogen) atoms. The number of hydrogen-bond donors (Lipinski definition) is 2. The second-order valence-electron chi connectivity index (χ2n) is 6.79. The number of rotatable bonds is 5. The number of nitrogens with zero attached hydrogens (tertiary/aromatic N) is 1. The molecule has 0 saturated carbocycles. The number of carbonyl (C=O) groups excluding carboxylic acids is 2. The second-order valence-corrected chi connectivity index (χ2v) is 6.79. The first kappa shape index (κ1) is 20.7. The first-order chi connectivity index (χ1) is 12.2. The standard InChI is InChI=1S/C19H27N3O3.ClH/c23-18(12-17-14-25-11-8-20-17)22-9-6-16(7-10-22)19(24)21-13-15-4-2-1-3-5-15;/h1-5,16-17,20H,6-14H2,(H,21,24);1H. The van der Waals surface area contributed by atoms with Crippen LogP contribution >= 0.6 is 12.4 Å². The summed E-state index contributed by atoms with van der Waals surface area (Å²) in [6, 6.07) is 10.0. The molecule has 3 rings (SSSR count). The molecule has 2 amide bonds. The molecule has 2 aliphatic rings. The Morgan fingerprint density at radius 2 is 1.92 bits per heavy atom. The van der Waals surface area contributed by atoms with E-state index in [1.807, 2.05) is 35.2 Å². The Labute approximate surface area is 161 Å². The number of piperidine rings is 1. The molecule has 0 aliphatic carbocycles. The van der Waals surface area contributed by atoms with Gasteiger partial charge in [-0.25, -0.2) is 0 Å². The molecule has 7 heteroatoms. The Balaban J connectivity index is 0.00000243. The van der Waals surface area contributed by atoms with Crippen molar-refractivity contribution in [2.24, 2.45) is 5.92 Å². The first-order valence-electron chi connectivity index (χ1n) is 9.13. The van der Waals surface area contributed by atoms with Crippen LogP contribution in [-0.4, -0.2) is 55.6 Å². The van der Waals surface area contributed by atoms with E-state index in [1.54, 1.807) is 0 Å². The lowest BCUT2D eigenvalue weighted by Gasteiger charge is -2.33. The summed E-state index contributed by atoms with van der Waals surface area (Å²) in [6.07, 6.45) is 1.95. The van der Waals surface area contributed by atoms with Gasteiger partial charge in [0.15, 0.2) is 0 Å². The summed E-state index contributed by atoms with van der Waals surface area (Å²) in [4.78, 5) is 26.6. The van der Waals surface area contributed by atoms with E-state index in [0.29, 0.717) is 39.3 Å². The molecule has 0 aromatic heterocycles. The Hall–Kier alpha value is -1.63. The summed E-state index contributed by atoms with van der Waals surface area (Å²) in [5.74, 6) is 0.258. The summed E-state index contributed by atoms with van der Waals surface area (Å²) < 4.78 is 5.40. The van der Waals surface area contributed by atoms with Gasteiger partial charge in [-0.2, -0.15) is 0 Å². The third-order valence-electron chi connectivity index (χ3n) is 4.95. The number of ether oxygens (including phenoxy) is 1. The smallest absolute Gasteiger partial charge is 0.224 e. The Kier molecular flexibility index (Phi) is 8.35. The van der Waals surface area contributed by atoms with Crippen molar-refractivity contribution in [3.63, 3.8) is 0 Å². The van der Waals surface area contributed by atoms with Gasteiger partial charge in [-0.3, -0.25) is 9.59 Å². The fourth-order valence-electron chi connectivity index (χ4n) is 3.41. The lowest BCUT2D eigenvalue weighted by molar-refractivity contribution is -0.136. The van der Waals surface area contributed by atoms with Gasteiger partial charge < -0.3 is 20.3 Å². The van der Waals surface area contributed by atoms with Gasteiger partial charge in [0.25, 0.3) is 0 Å². The van der Waals surface area contributed by atoms with Crippen LogP contribution in [0.1, 0.15) is 24.8 Å². The molecule has 144 valence electrons. The molecule has 2 saturated heterocycles. The summed E-state index contributed by atoms with van der Waals surface area (Å²) in [5.41, 5.74) is 1.10. The zero-order valence-electron chi connectivity index (χ0n) is 15.0. The van der Waals surface area contributed by atoms with E-state index in [0.717, 1.165) is 24.9 Å². The van der Waals surface area contributed by atoms with Gasteiger partial charge >= 0.3 is 0 Å². The van der Waals surface area contributed by atoms with Crippen molar-refractivity contribution >= 4 is 24.2 Å². The van der Waals surface area contributed by atoms with Crippen LogP contribution < -0.4 is 10.6 Å². The fraction of sp³-hybridized carbons (Fsp3) is 0.579. The SMILES string of the molecule is Cl.O=C(NCc1ccccc1)C1CCN(C(=O)CC2COCCN2)CC1. The number of likely N-dealkylation sites (tertiary alicyclic amines) is 1. The largest absolute Gasteiger partial charge is 0.378 e. The van der Waals surface area contributed by atoms with Gasteiger partial charge in [0.2, 0.25) is 11.8 Å². The monoisotopic (exact) mass is 381 g/mol. The van der Waals surface area contributed by atoms with Crippen molar-refractivity contribution in [3.8, 4) is 0 Å². The van der Waals surface area contributed by atoms with E-state index in [1.165, 1.54) is 0 Å². The van der Waals surface area contributed by atoms with Crippen molar-refractivity contribution in [1.82, 2.24) is 15.5 Å². The number of hydrogen-bond acceptors (Lipinski definition) is 4. The van der Waals surface area contributed by atoms with Crippen molar-refractivity contribution in [1.29, 1.82) is 0 Å². The number of amides is 2. The van der Waals surface area contributed by atoms with Crippen LogP contribution in [0.15, 0.2) is 30.3 Å². The van der Waals surface area contributed by atoms with Gasteiger partial charge in [0.05, 0.1) is 13.2 Å². The Bertz CT molecular complexity index is 571. The zero-order chi connectivity index (χ0) is 17.5. The van der Waals surface area contributed by atoms with E-state index in [2.05, 4.69) is 10.6 Å². The molecule has 1 aromatic carbocycles. The average Bonchev–Trinajstić information content (AvgIpc) is 2.68. The Morgan fingerprint density at radius 3 is 2.58 bits per heavy atom. The third-order valence-corrected chi connectivity index (χ3v) is 4.95. The van der Waals surface area contributed by atoms with Gasteiger partial charge in [0.1, 0.15) is 0 Å². The number of halogens is 1. The van der Waals surface area contributed by atoms with Gasteiger partial charge in [-0.05, 0) is 18.4 Å². The van der Waals surface area contributed by atoms with Crippen LogP contribution in [0, 0.1) is 5.92 Å². The van der Waals surface area contributed by atoms with E-state index >= 15 is 0 Å². The highest BCUT2D eigenvalue weighted by atomic mass is 35.5. The minimum Gasteiger partial charge on any atom is -0.378 e.